The summed E-state index contributed by atoms with van der Waals surface area (Å²) in [7, 11) is -1.67. The SMILES string of the molecule is CC[Si](Cl)(CC)CCC=C(F)F. The lowest BCUT2D eigenvalue weighted by Crippen LogP contribution is -2.23. The van der Waals surface area contributed by atoms with E-state index >= 15 is 0 Å². The lowest BCUT2D eigenvalue weighted by Gasteiger charge is -2.19. The highest BCUT2D eigenvalue weighted by atomic mass is 35.6. The van der Waals surface area contributed by atoms with Gasteiger partial charge in [-0.1, -0.05) is 13.8 Å². The van der Waals surface area contributed by atoms with Crippen molar-refractivity contribution >= 4 is 18.5 Å². The predicted octanol–water partition coefficient (Wildman–Crippen LogP) is 4.38. The van der Waals surface area contributed by atoms with Gasteiger partial charge in [-0.3, -0.25) is 0 Å². The van der Waals surface area contributed by atoms with Gasteiger partial charge in [-0.2, -0.15) is 19.9 Å². The molecular formula is C8H15ClF2Si. The molecule has 0 heterocycles. The van der Waals surface area contributed by atoms with Crippen LogP contribution in [-0.4, -0.2) is 7.38 Å². The van der Waals surface area contributed by atoms with Gasteiger partial charge in [0, 0.05) is 0 Å². The fraction of sp³-hybridized carbons (Fsp3) is 0.750. The van der Waals surface area contributed by atoms with E-state index in [0.29, 0.717) is 6.42 Å². The van der Waals surface area contributed by atoms with E-state index in [0.717, 1.165) is 24.2 Å². The molecule has 0 N–H and O–H groups in total. The van der Waals surface area contributed by atoms with Gasteiger partial charge in [0.25, 0.3) is 6.08 Å². The van der Waals surface area contributed by atoms with E-state index in [1.165, 1.54) is 0 Å². The Labute approximate surface area is 78.3 Å². The fourth-order valence-electron chi connectivity index (χ4n) is 1.04. The molecule has 0 saturated carbocycles. The van der Waals surface area contributed by atoms with Crippen molar-refractivity contribution in [2.75, 3.05) is 0 Å². The van der Waals surface area contributed by atoms with Crippen LogP contribution in [-0.2, 0) is 0 Å². The Morgan fingerprint density at radius 1 is 1.33 bits per heavy atom. The summed E-state index contributed by atoms with van der Waals surface area (Å²) in [4.78, 5) is 0. The van der Waals surface area contributed by atoms with Crippen LogP contribution >= 0.6 is 11.1 Å². The van der Waals surface area contributed by atoms with Crippen LogP contribution in [0.2, 0.25) is 18.1 Å². The maximum Gasteiger partial charge on any atom is 0.266 e. The van der Waals surface area contributed by atoms with Crippen LogP contribution in [0.15, 0.2) is 12.2 Å². The third kappa shape index (κ3) is 4.88. The third-order valence-electron chi connectivity index (χ3n) is 2.16. The number of hydrogen-bond donors (Lipinski definition) is 0. The normalized spacial score (nSPS) is 11.4. The average Bonchev–Trinajstić information content (AvgIpc) is 2.03. The molecule has 0 rings (SSSR count). The monoisotopic (exact) mass is 212 g/mol. The molecule has 4 heteroatoms. The summed E-state index contributed by atoms with van der Waals surface area (Å²) in [6.45, 7) is 4.08. The lowest BCUT2D eigenvalue weighted by atomic mass is 10.5. The van der Waals surface area contributed by atoms with E-state index in [4.69, 9.17) is 11.1 Å². The van der Waals surface area contributed by atoms with E-state index in [1.54, 1.807) is 0 Å². The standard InChI is InChI=1S/C8H15ClF2Si/c1-3-12(9,4-2)7-5-6-8(10)11/h6H,3-5,7H2,1-2H3. The molecular weight excluding hydrogens is 198 g/mol. The Bertz CT molecular complexity index is 151. The zero-order valence-electron chi connectivity index (χ0n) is 7.54. The van der Waals surface area contributed by atoms with Crippen molar-refractivity contribution in [2.45, 2.75) is 38.4 Å². The van der Waals surface area contributed by atoms with Gasteiger partial charge in [0.15, 0.2) is 7.38 Å². The molecule has 0 aliphatic carbocycles. The van der Waals surface area contributed by atoms with Crippen molar-refractivity contribution in [1.82, 2.24) is 0 Å². The summed E-state index contributed by atoms with van der Waals surface area (Å²) in [6.07, 6.45) is -0.190. The van der Waals surface area contributed by atoms with Gasteiger partial charge in [-0.25, -0.2) is 0 Å². The first kappa shape index (κ1) is 12.1. The summed E-state index contributed by atoms with van der Waals surface area (Å²) >= 11 is 6.26. The number of rotatable bonds is 5. The largest absolute Gasteiger partial charge is 0.266 e. The second-order valence-corrected chi connectivity index (χ2v) is 9.51. The zero-order chi connectivity index (χ0) is 9.61. The average molecular weight is 213 g/mol. The smallest absolute Gasteiger partial charge is 0.174 e. The molecule has 0 amide bonds. The molecule has 0 saturated heterocycles. The number of allylic oxidation sites excluding steroid dienone is 1. The van der Waals surface area contributed by atoms with Crippen LogP contribution < -0.4 is 0 Å². The van der Waals surface area contributed by atoms with Crippen LogP contribution in [0.25, 0.3) is 0 Å². The lowest BCUT2D eigenvalue weighted by molar-refractivity contribution is 0.418. The van der Waals surface area contributed by atoms with Crippen molar-refractivity contribution in [3.8, 4) is 0 Å². The minimum absolute atomic E-state index is 0.430. The first-order chi connectivity index (χ1) is 5.54. The van der Waals surface area contributed by atoms with Crippen molar-refractivity contribution < 1.29 is 8.78 Å². The molecule has 0 aromatic heterocycles. The van der Waals surface area contributed by atoms with Gasteiger partial charge in [0.1, 0.15) is 0 Å². The van der Waals surface area contributed by atoms with E-state index in [2.05, 4.69) is 0 Å². The van der Waals surface area contributed by atoms with Crippen molar-refractivity contribution in [3.05, 3.63) is 12.2 Å². The highest BCUT2D eigenvalue weighted by Crippen LogP contribution is 2.26. The van der Waals surface area contributed by atoms with E-state index in [-0.39, 0.29) is 0 Å². The first-order valence-corrected chi connectivity index (χ1v) is 7.87. The summed E-state index contributed by atoms with van der Waals surface area (Å²) < 4.78 is 23.3. The van der Waals surface area contributed by atoms with Gasteiger partial charge in [-0.05, 0) is 30.6 Å². The molecule has 0 atom stereocenters. The van der Waals surface area contributed by atoms with E-state index < -0.39 is 13.5 Å². The van der Waals surface area contributed by atoms with Crippen LogP contribution in [0, 0.1) is 0 Å². The van der Waals surface area contributed by atoms with Gasteiger partial charge in [0.2, 0.25) is 0 Å². The van der Waals surface area contributed by atoms with Gasteiger partial charge >= 0.3 is 0 Å². The Hall–Kier alpha value is 0.107. The maximum absolute atomic E-state index is 11.7. The maximum atomic E-state index is 11.7. The zero-order valence-corrected chi connectivity index (χ0v) is 9.30. The second-order valence-electron chi connectivity index (χ2n) is 2.89. The summed E-state index contributed by atoms with van der Waals surface area (Å²) in [5, 5.41) is 0. The molecule has 0 aliphatic heterocycles. The summed E-state index contributed by atoms with van der Waals surface area (Å²) in [6, 6.07) is 2.69. The Morgan fingerprint density at radius 2 is 1.83 bits per heavy atom. The van der Waals surface area contributed by atoms with Gasteiger partial charge in [0.05, 0.1) is 0 Å². The van der Waals surface area contributed by atoms with Crippen molar-refractivity contribution in [2.24, 2.45) is 0 Å². The van der Waals surface area contributed by atoms with E-state index in [1.807, 2.05) is 13.8 Å². The summed E-state index contributed by atoms with van der Waals surface area (Å²) in [5.41, 5.74) is 0. The van der Waals surface area contributed by atoms with Crippen molar-refractivity contribution in [3.63, 3.8) is 0 Å². The second kappa shape index (κ2) is 5.70. The first-order valence-electron chi connectivity index (χ1n) is 4.24. The van der Waals surface area contributed by atoms with Crippen LogP contribution in [0.5, 0.6) is 0 Å². The Balaban J connectivity index is 3.81. The number of halogens is 3. The minimum Gasteiger partial charge on any atom is -0.174 e. The van der Waals surface area contributed by atoms with Crippen LogP contribution in [0.1, 0.15) is 20.3 Å². The predicted molar refractivity (Wildman–Crippen MR) is 52.3 cm³/mol. The molecule has 0 radical (unpaired) electrons. The molecule has 12 heavy (non-hydrogen) atoms. The quantitative estimate of drug-likeness (QED) is 0.469. The highest BCUT2D eigenvalue weighted by Gasteiger charge is 2.24. The number of hydrogen-bond acceptors (Lipinski definition) is 0. The fourth-order valence-corrected chi connectivity index (χ4v) is 3.24. The molecule has 0 nitrogen and oxygen atoms in total. The third-order valence-corrected chi connectivity index (χ3v) is 8.05. The molecule has 0 spiro atoms. The van der Waals surface area contributed by atoms with Crippen molar-refractivity contribution in [1.29, 1.82) is 0 Å². The molecule has 0 aliphatic rings. The molecule has 0 aromatic carbocycles. The highest BCUT2D eigenvalue weighted by molar-refractivity contribution is 7.20. The van der Waals surface area contributed by atoms with Crippen LogP contribution in [0.4, 0.5) is 8.78 Å². The molecule has 0 unspecified atom stereocenters. The molecule has 0 fully saturated rings. The molecule has 0 aromatic rings. The van der Waals surface area contributed by atoms with Gasteiger partial charge in [-0.15, -0.1) is 0 Å². The summed E-state index contributed by atoms with van der Waals surface area (Å²) in [5.74, 6) is 0. The molecule has 0 bridgehead atoms. The van der Waals surface area contributed by atoms with Gasteiger partial charge < -0.3 is 0 Å². The minimum atomic E-state index is -1.67. The van der Waals surface area contributed by atoms with Crippen LogP contribution in [0.3, 0.4) is 0 Å². The molecule has 72 valence electrons. The Kier molecular flexibility index (Phi) is 5.75. The topological polar surface area (TPSA) is 0 Å². The van der Waals surface area contributed by atoms with E-state index in [9.17, 15) is 8.78 Å². The Morgan fingerprint density at radius 3 is 2.17 bits per heavy atom.